The zero-order valence-corrected chi connectivity index (χ0v) is 13.8. The molecule has 2 aromatic rings. The van der Waals surface area contributed by atoms with Gasteiger partial charge in [-0.05, 0) is 29.7 Å². The summed E-state index contributed by atoms with van der Waals surface area (Å²) < 4.78 is 88.5. The first-order valence-electron chi connectivity index (χ1n) is 7.17. The molecule has 0 saturated heterocycles. The summed E-state index contributed by atoms with van der Waals surface area (Å²) in [6, 6.07) is 7.24. The van der Waals surface area contributed by atoms with Crippen LogP contribution in [0.3, 0.4) is 0 Å². The van der Waals surface area contributed by atoms with Crippen LogP contribution in [0.1, 0.15) is 27.9 Å². The van der Waals surface area contributed by atoms with E-state index in [-0.39, 0.29) is 11.1 Å². The fourth-order valence-corrected chi connectivity index (χ4v) is 3.45. The van der Waals surface area contributed by atoms with E-state index in [1.54, 1.807) is 0 Å². The summed E-state index contributed by atoms with van der Waals surface area (Å²) in [5.41, 5.74) is -4.16. The molecule has 0 aliphatic heterocycles. The Bertz CT molecular complexity index is 825. The molecule has 0 heterocycles. The van der Waals surface area contributed by atoms with Crippen molar-refractivity contribution in [3.05, 3.63) is 70.8 Å². The highest BCUT2D eigenvalue weighted by Gasteiger charge is 2.35. The van der Waals surface area contributed by atoms with Gasteiger partial charge < -0.3 is 9.79 Å². The third-order valence-corrected chi connectivity index (χ3v) is 4.98. The van der Waals surface area contributed by atoms with E-state index in [9.17, 15) is 40.7 Å². The molecule has 0 radical (unpaired) electrons. The van der Waals surface area contributed by atoms with Crippen LogP contribution in [0.5, 0.6) is 0 Å². The van der Waals surface area contributed by atoms with Gasteiger partial charge in [-0.3, -0.25) is 4.57 Å². The average Bonchev–Trinajstić information content (AvgIpc) is 2.50. The van der Waals surface area contributed by atoms with Crippen LogP contribution in [-0.2, 0) is 23.3 Å². The molecule has 0 saturated carbocycles. The Morgan fingerprint density at radius 3 is 1.85 bits per heavy atom. The van der Waals surface area contributed by atoms with Crippen molar-refractivity contribution >= 4 is 7.60 Å². The van der Waals surface area contributed by atoms with Crippen molar-refractivity contribution in [2.75, 3.05) is 0 Å². The predicted octanol–water partition coefficient (Wildman–Crippen LogP) is 5.19. The maximum absolute atomic E-state index is 12.8. The lowest BCUT2D eigenvalue weighted by molar-refractivity contribution is -0.138. The summed E-state index contributed by atoms with van der Waals surface area (Å²) in [6.45, 7) is 0. The van der Waals surface area contributed by atoms with E-state index >= 15 is 0 Å². The Morgan fingerprint density at radius 2 is 1.35 bits per heavy atom. The molecular formula is C16H13F6O3P. The number of hydrogen-bond donors (Lipinski definition) is 2. The smallest absolute Gasteiger partial charge is 0.324 e. The molecule has 2 rings (SSSR count). The molecule has 0 aromatic heterocycles. The van der Waals surface area contributed by atoms with E-state index in [2.05, 4.69) is 0 Å². The fraction of sp³-hybridized carbons (Fsp3) is 0.250. The van der Waals surface area contributed by atoms with Crippen LogP contribution in [-0.4, -0.2) is 9.79 Å². The van der Waals surface area contributed by atoms with E-state index in [1.807, 2.05) is 0 Å². The van der Waals surface area contributed by atoms with Gasteiger partial charge in [-0.15, -0.1) is 0 Å². The van der Waals surface area contributed by atoms with Crippen molar-refractivity contribution < 1.29 is 40.7 Å². The second-order valence-electron chi connectivity index (χ2n) is 5.63. The van der Waals surface area contributed by atoms with Crippen LogP contribution in [0.2, 0.25) is 0 Å². The molecule has 10 heteroatoms. The molecule has 0 bridgehead atoms. The molecular weight excluding hydrogens is 385 g/mol. The minimum Gasteiger partial charge on any atom is -0.324 e. The van der Waals surface area contributed by atoms with E-state index < -0.39 is 43.2 Å². The maximum Gasteiger partial charge on any atom is 0.416 e. The van der Waals surface area contributed by atoms with Crippen molar-refractivity contribution in [1.82, 2.24) is 0 Å². The SMILES string of the molecule is O=P(O)(O)C(Cc1cccc(C(F)(F)F)c1)c1cccc(C(F)(F)F)c1. The molecule has 142 valence electrons. The zero-order valence-electron chi connectivity index (χ0n) is 12.9. The number of halogens is 6. The monoisotopic (exact) mass is 398 g/mol. The van der Waals surface area contributed by atoms with E-state index in [0.29, 0.717) is 6.07 Å². The lowest BCUT2D eigenvalue weighted by Crippen LogP contribution is -2.10. The Labute approximate surface area is 144 Å². The van der Waals surface area contributed by atoms with Gasteiger partial charge in [-0.2, -0.15) is 26.3 Å². The highest BCUT2D eigenvalue weighted by Crippen LogP contribution is 2.54. The number of hydrogen-bond acceptors (Lipinski definition) is 1. The number of alkyl halides is 6. The molecule has 26 heavy (non-hydrogen) atoms. The first-order valence-corrected chi connectivity index (χ1v) is 8.85. The molecule has 2 aromatic carbocycles. The molecule has 1 unspecified atom stereocenters. The largest absolute Gasteiger partial charge is 0.416 e. The fourth-order valence-electron chi connectivity index (χ4n) is 2.45. The van der Waals surface area contributed by atoms with Crippen LogP contribution < -0.4 is 0 Å². The van der Waals surface area contributed by atoms with Crippen LogP contribution in [0.4, 0.5) is 26.3 Å². The molecule has 1 atom stereocenters. The van der Waals surface area contributed by atoms with Crippen molar-refractivity contribution in [3.8, 4) is 0 Å². The number of rotatable bonds is 4. The topological polar surface area (TPSA) is 57.5 Å². The Balaban J connectivity index is 2.44. The second kappa shape index (κ2) is 7.06. The highest BCUT2D eigenvalue weighted by molar-refractivity contribution is 7.52. The molecule has 0 aliphatic rings. The van der Waals surface area contributed by atoms with Crippen molar-refractivity contribution in [2.45, 2.75) is 24.4 Å². The van der Waals surface area contributed by atoms with E-state index in [0.717, 1.165) is 36.4 Å². The molecule has 0 aliphatic carbocycles. The van der Waals surface area contributed by atoms with Gasteiger partial charge in [0.2, 0.25) is 0 Å². The van der Waals surface area contributed by atoms with Crippen LogP contribution in [0.25, 0.3) is 0 Å². The average molecular weight is 398 g/mol. The Morgan fingerprint density at radius 1 is 0.846 bits per heavy atom. The van der Waals surface area contributed by atoms with Crippen molar-refractivity contribution in [2.24, 2.45) is 0 Å². The van der Waals surface area contributed by atoms with Crippen LogP contribution >= 0.6 is 7.60 Å². The van der Waals surface area contributed by atoms with Crippen LogP contribution in [0, 0.1) is 0 Å². The lowest BCUT2D eigenvalue weighted by Gasteiger charge is -2.20. The van der Waals surface area contributed by atoms with Gasteiger partial charge in [0, 0.05) is 0 Å². The van der Waals surface area contributed by atoms with Gasteiger partial charge in [0.15, 0.2) is 0 Å². The normalized spacial score (nSPS) is 14.3. The van der Waals surface area contributed by atoms with Gasteiger partial charge in [0.1, 0.15) is 0 Å². The number of benzene rings is 2. The quantitative estimate of drug-likeness (QED) is 0.551. The minimum absolute atomic E-state index is 0.0504. The molecule has 0 amide bonds. The molecule has 0 fully saturated rings. The minimum atomic E-state index is -4.94. The van der Waals surface area contributed by atoms with Crippen molar-refractivity contribution in [3.63, 3.8) is 0 Å². The lowest BCUT2D eigenvalue weighted by atomic mass is 10.0. The predicted molar refractivity (Wildman–Crippen MR) is 81.4 cm³/mol. The summed E-state index contributed by atoms with van der Waals surface area (Å²) >= 11 is 0. The van der Waals surface area contributed by atoms with Gasteiger partial charge >= 0.3 is 19.9 Å². The van der Waals surface area contributed by atoms with Gasteiger partial charge in [0.25, 0.3) is 0 Å². The summed E-state index contributed by atoms with van der Waals surface area (Å²) in [5.74, 6) is 0. The third kappa shape index (κ3) is 5.09. The van der Waals surface area contributed by atoms with Gasteiger partial charge in [-0.1, -0.05) is 36.4 Å². The summed E-state index contributed by atoms with van der Waals surface area (Å²) in [5, 5.41) is 0. The second-order valence-corrected chi connectivity index (χ2v) is 7.43. The highest BCUT2D eigenvalue weighted by atomic mass is 31.2. The maximum atomic E-state index is 12.8. The molecule has 0 spiro atoms. The van der Waals surface area contributed by atoms with Crippen LogP contribution in [0.15, 0.2) is 48.5 Å². The first kappa shape index (κ1) is 20.5. The standard InChI is InChI=1S/C16H13F6O3P/c17-15(18,19)12-5-1-3-10(7-12)8-14(26(23,24)25)11-4-2-6-13(9-11)16(20,21)22/h1-7,9,14H,8H2,(H2,23,24,25). The molecule has 2 N–H and O–H groups in total. The van der Waals surface area contributed by atoms with Gasteiger partial charge in [0.05, 0.1) is 16.8 Å². The molecule has 3 nitrogen and oxygen atoms in total. The van der Waals surface area contributed by atoms with E-state index in [1.165, 1.54) is 6.07 Å². The summed E-state index contributed by atoms with van der Waals surface area (Å²) in [4.78, 5) is 19.0. The zero-order chi connectivity index (χ0) is 19.8. The summed E-state index contributed by atoms with van der Waals surface area (Å²) in [7, 11) is -4.94. The Kier molecular flexibility index (Phi) is 5.56. The summed E-state index contributed by atoms with van der Waals surface area (Å²) in [6.07, 6.45) is -9.91. The Hall–Kier alpha value is -1.83. The first-order chi connectivity index (χ1) is 11.8. The van der Waals surface area contributed by atoms with Gasteiger partial charge in [-0.25, -0.2) is 0 Å². The third-order valence-electron chi connectivity index (χ3n) is 3.69. The van der Waals surface area contributed by atoms with Crippen molar-refractivity contribution in [1.29, 1.82) is 0 Å². The van der Waals surface area contributed by atoms with E-state index in [4.69, 9.17) is 0 Å².